The number of hydrogen-bond donors (Lipinski definition) is 1. The normalized spacial score (nSPS) is 23.0. The molecule has 1 saturated carbocycles. The van der Waals surface area contributed by atoms with E-state index >= 15 is 0 Å². The van der Waals surface area contributed by atoms with Gasteiger partial charge in [0.05, 0.1) is 6.61 Å². The Labute approximate surface area is 193 Å². The lowest BCUT2D eigenvalue weighted by molar-refractivity contribution is 0.0894. The highest BCUT2D eigenvalue weighted by Gasteiger charge is 2.30. The number of ether oxygens (including phenoxy) is 1. The molecule has 1 N–H and O–H groups in total. The molecule has 1 saturated heterocycles. The molecular weight excluding hydrogens is 398 g/mol. The molecule has 2 aromatic rings. The second-order valence-electron chi connectivity index (χ2n) is 10.1. The van der Waals surface area contributed by atoms with Crippen molar-refractivity contribution < 1.29 is 9.53 Å². The van der Waals surface area contributed by atoms with E-state index < -0.39 is 0 Å². The predicted molar refractivity (Wildman–Crippen MR) is 131 cm³/mol. The van der Waals surface area contributed by atoms with Crippen molar-refractivity contribution in [1.82, 2.24) is 14.8 Å². The molecule has 0 radical (unpaired) electrons. The lowest BCUT2D eigenvalue weighted by atomic mass is 9.79. The number of likely N-dealkylation sites (tertiary alicyclic amines) is 1. The van der Waals surface area contributed by atoms with Crippen LogP contribution in [0.15, 0.2) is 30.5 Å². The summed E-state index contributed by atoms with van der Waals surface area (Å²) in [4.78, 5) is 14.4. The Kier molecular flexibility index (Phi) is 7.77. The molecule has 5 heteroatoms. The first-order chi connectivity index (χ1) is 15.6. The lowest BCUT2D eigenvalue weighted by Gasteiger charge is -2.42. The summed E-state index contributed by atoms with van der Waals surface area (Å²) in [5.41, 5.74) is 2.64. The van der Waals surface area contributed by atoms with Gasteiger partial charge in [0.15, 0.2) is 0 Å². The van der Waals surface area contributed by atoms with Crippen LogP contribution in [0.4, 0.5) is 4.79 Å². The number of aromatic nitrogens is 1. The maximum atomic E-state index is 11.6. The van der Waals surface area contributed by atoms with Crippen molar-refractivity contribution in [3.05, 3.63) is 36.0 Å². The molecule has 1 aromatic heterocycles. The van der Waals surface area contributed by atoms with Gasteiger partial charge in [0, 0.05) is 48.8 Å². The third kappa shape index (κ3) is 5.31. The van der Waals surface area contributed by atoms with Gasteiger partial charge in [0.1, 0.15) is 0 Å². The van der Waals surface area contributed by atoms with E-state index in [0.29, 0.717) is 19.2 Å². The van der Waals surface area contributed by atoms with Gasteiger partial charge < -0.3 is 19.5 Å². The van der Waals surface area contributed by atoms with E-state index in [9.17, 15) is 4.79 Å². The SMILES string of the molecule is CCOC(=O)NCCc1cn(C2CCN([C@H]3CC[C@@H](C(C)C)CC3)CC2)c2ccccc12. The highest BCUT2D eigenvalue weighted by atomic mass is 16.5. The van der Waals surface area contributed by atoms with Crippen LogP contribution in [0.1, 0.15) is 70.9 Å². The summed E-state index contributed by atoms with van der Waals surface area (Å²) >= 11 is 0. The molecule has 0 spiro atoms. The van der Waals surface area contributed by atoms with Crippen LogP contribution in [0.5, 0.6) is 0 Å². The molecule has 32 heavy (non-hydrogen) atoms. The molecule has 176 valence electrons. The maximum Gasteiger partial charge on any atom is 0.407 e. The number of nitrogens with zero attached hydrogens (tertiary/aromatic N) is 2. The van der Waals surface area contributed by atoms with Gasteiger partial charge in [0.2, 0.25) is 0 Å². The zero-order valence-electron chi connectivity index (χ0n) is 20.2. The van der Waals surface area contributed by atoms with Gasteiger partial charge in [-0.2, -0.15) is 0 Å². The number of hydrogen-bond acceptors (Lipinski definition) is 3. The first-order valence-electron chi connectivity index (χ1n) is 12.8. The fraction of sp³-hybridized carbons (Fsp3) is 0.667. The first kappa shape index (κ1) is 23.2. The molecule has 0 unspecified atom stereocenters. The third-order valence-corrected chi connectivity index (χ3v) is 7.86. The largest absolute Gasteiger partial charge is 0.450 e. The molecule has 2 aliphatic rings. The van der Waals surface area contributed by atoms with Crippen LogP contribution in [0.25, 0.3) is 10.9 Å². The molecule has 1 aliphatic carbocycles. The number of para-hydroxylation sites is 1. The molecule has 2 fully saturated rings. The van der Waals surface area contributed by atoms with E-state index in [1.165, 1.54) is 68.1 Å². The van der Waals surface area contributed by atoms with E-state index in [1.54, 1.807) is 0 Å². The van der Waals surface area contributed by atoms with Gasteiger partial charge in [-0.05, 0) is 75.3 Å². The Morgan fingerprint density at radius 3 is 2.47 bits per heavy atom. The Morgan fingerprint density at radius 2 is 1.78 bits per heavy atom. The monoisotopic (exact) mass is 439 g/mol. The molecule has 0 bridgehead atoms. The smallest absolute Gasteiger partial charge is 0.407 e. The number of amides is 1. The Hall–Kier alpha value is -2.01. The van der Waals surface area contributed by atoms with Gasteiger partial charge in [-0.1, -0.05) is 32.0 Å². The van der Waals surface area contributed by atoms with Crippen LogP contribution in [0, 0.1) is 11.8 Å². The molecule has 1 amide bonds. The average molecular weight is 440 g/mol. The van der Waals surface area contributed by atoms with Crippen LogP contribution in [0.2, 0.25) is 0 Å². The fourth-order valence-electron chi connectivity index (χ4n) is 5.92. The number of benzene rings is 1. The van der Waals surface area contributed by atoms with Gasteiger partial charge in [-0.15, -0.1) is 0 Å². The maximum absolute atomic E-state index is 11.6. The van der Waals surface area contributed by atoms with E-state index in [4.69, 9.17) is 4.74 Å². The van der Waals surface area contributed by atoms with Gasteiger partial charge >= 0.3 is 6.09 Å². The van der Waals surface area contributed by atoms with Crippen LogP contribution in [-0.2, 0) is 11.2 Å². The number of carbonyl (C=O) groups excluding carboxylic acids is 1. The second kappa shape index (κ2) is 10.7. The molecule has 5 nitrogen and oxygen atoms in total. The number of alkyl carbamates (subject to hydrolysis) is 1. The summed E-state index contributed by atoms with van der Waals surface area (Å²) in [6.45, 7) is 10.0. The zero-order chi connectivity index (χ0) is 22.5. The van der Waals surface area contributed by atoms with Crippen LogP contribution in [-0.4, -0.2) is 47.8 Å². The van der Waals surface area contributed by atoms with Crippen LogP contribution >= 0.6 is 0 Å². The standard InChI is InChI=1S/C27H41N3O2/c1-4-32-27(31)28-16-13-22-19-30(26-8-6-5-7-25(22)26)24-14-17-29(18-15-24)23-11-9-21(10-12-23)20(2)3/h5-8,19-21,23-24H,4,9-18H2,1-3H3,(H,28,31)/t21-,23+. The molecule has 4 rings (SSSR count). The highest BCUT2D eigenvalue weighted by molar-refractivity contribution is 5.84. The van der Waals surface area contributed by atoms with E-state index in [1.807, 2.05) is 6.92 Å². The van der Waals surface area contributed by atoms with Crippen molar-refractivity contribution in [2.75, 3.05) is 26.2 Å². The van der Waals surface area contributed by atoms with Crippen molar-refractivity contribution in [2.45, 2.75) is 77.8 Å². The molecule has 1 aliphatic heterocycles. The first-order valence-corrected chi connectivity index (χ1v) is 12.8. The molecule has 1 aromatic carbocycles. The quantitative estimate of drug-likeness (QED) is 0.595. The number of nitrogens with one attached hydrogen (secondary N) is 1. The Balaban J connectivity index is 1.37. The van der Waals surface area contributed by atoms with Crippen molar-refractivity contribution in [3.8, 4) is 0 Å². The summed E-state index contributed by atoms with van der Waals surface area (Å²) in [6.07, 6.45) is 10.9. The summed E-state index contributed by atoms with van der Waals surface area (Å²) in [7, 11) is 0. The van der Waals surface area contributed by atoms with Crippen molar-refractivity contribution in [2.24, 2.45) is 11.8 Å². The van der Waals surface area contributed by atoms with Crippen LogP contribution < -0.4 is 5.32 Å². The second-order valence-corrected chi connectivity index (χ2v) is 10.1. The summed E-state index contributed by atoms with van der Waals surface area (Å²) in [5.74, 6) is 1.78. The van der Waals surface area contributed by atoms with E-state index in [-0.39, 0.29) is 6.09 Å². The summed E-state index contributed by atoms with van der Waals surface area (Å²) in [5, 5.41) is 4.17. The minimum Gasteiger partial charge on any atom is -0.450 e. The Morgan fingerprint density at radius 1 is 1.06 bits per heavy atom. The van der Waals surface area contributed by atoms with Gasteiger partial charge in [0.25, 0.3) is 0 Å². The molecule has 2 heterocycles. The molecule has 0 atom stereocenters. The van der Waals surface area contributed by atoms with Gasteiger partial charge in [-0.3, -0.25) is 0 Å². The summed E-state index contributed by atoms with van der Waals surface area (Å²) < 4.78 is 7.50. The number of rotatable bonds is 7. The average Bonchev–Trinajstić information content (AvgIpc) is 3.18. The highest BCUT2D eigenvalue weighted by Crippen LogP contribution is 2.35. The van der Waals surface area contributed by atoms with Crippen molar-refractivity contribution >= 4 is 17.0 Å². The number of fused-ring (bicyclic) bond motifs is 1. The van der Waals surface area contributed by atoms with Crippen molar-refractivity contribution in [1.29, 1.82) is 0 Å². The topological polar surface area (TPSA) is 46.5 Å². The minimum atomic E-state index is -0.328. The molecular formula is C27H41N3O2. The number of piperidine rings is 1. The van der Waals surface area contributed by atoms with Crippen LogP contribution in [0.3, 0.4) is 0 Å². The van der Waals surface area contributed by atoms with Crippen molar-refractivity contribution in [3.63, 3.8) is 0 Å². The lowest BCUT2D eigenvalue weighted by Crippen LogP contribution is -2.43. The fourth-order valence-corrected chi connectivity index (χ4v) is 5.92. The predicted octanol–water partition coefficient (Wildman–Crippen LogP) is 5.78. The minimum absolute atomic E-state index is 0.328. The van der Waals surface area contributed by atoms with Gasteiger partial charge in [-0.25, -0.2) is 4.79 Å². The zero-order valence-corrected chi connectivity index (χ0v) is 20.2. The Bertz CT molecular complexity index is 874. The third-order valence-electron chi connectivity index (χ3n) is 7.86. The summed E-state index contributed by atoms with van der Waals surface area (Å²) in [6, 6.07) is 10.1. The number of carbonyl (C=O) groups is 1. The van der Waals surface area contributed by atoms with E-state index in [0.717, 1.165) is 24.3 Å². The van der Waals surface area contributed by atoms with E-state index in [2.05, 4.69) is 59.1 Å².